The summed E-state index contributed by atoms with van der Waals surface area (Å²) >= 11 is 0. The molecule has 3 heteroatoms. The molecule has 0 aromatic heterocycles. The molecule has 0 saturated carbocycles. The Hall–Kier alpha value is -4.78. The molecular formula is C39H35O2P. The number of aliphatic carboxylic acids is 1. The molecule has 0 aliphatic rings. The summed E-state index contributed by atoms with van der Waals surface area (Å²) in [5.41, 5.74) is 3.92. The first kappa shape index (κ1) is 28.7. The number of carbonyl (C=O) groups is 1. The molecule has 6 aromatic carbocycles. The van der Waals surface area contributed by atoms with Gasteiger partial charge in [0.15, 0.2) is 0 Å². The molecule has 0 atom stereocenters. The topological polar surface area (TPSA) is 37.3 Å². The molecule has 0 bridgehead atoms. The van der Waals surface area contributed by atoms with Crippen LogP contribution >= 0.6 is 7.26 Å². The van der Waals surface area contributed by atoms with Gasteiger partial charge in [0.1, 0.15) is 0 Å². The van der Waals surface area contributed by atoms with Crippen molar-refractivity contribution in [3.63, 3.8) is 0 Å². The average molecular weight is 567 g/mol. The summed E-state index contributed by atoms with van der Waals surface area (Å²) < 4.78 is 0. The molecule has 208 valence electrons. The van der Waals surface area contributed by atoms with Gasteiger partial charge in [0.2, 0.25) is 0 Å². The Morgan fingerprint density at radius 2 is 0.619 bits per heavy atom. The van der Waals surface area contributed by atoms with Crippen molar-refractivity contribution in [3.8, 4) is 0 Å². The van der Waals surface area contributed by atoms with E-state index in [4.69, 9.17) is 9.90 Å². The average Bonchev–Trinajstić information content (AvgIpc) is 3.06. The molecule has 2 nitrogen and oxygen atoms in total. The Morgan fingerprint density at radius 1 is 0.429 bits per heavy atom. The second-order valence-corrected chi connectivity index (χ2v) is 14.2. The molecule has 42 heavy (non-hydrogen) atoms. The van der Waals surface area contributed by atoms with Crippen molar-refractivity contribution < 1.29 is 9.90 Å². The van der Waals surface area contributed by atoms with Crippen LogP contribution in [0.25, 0.3) is 0 Å². The van der Waals surface area contributed by atoms with Crippen LogP contribution in [0.4, 0.5) is 0 Å². The van der Waals surface area contributed by atoms with Crippen molar-refractivity contribution in [2.45, 2.75) is 12.1 Å². The van der Waals surface area contributed by atoms with Gasteiger partial charge >= 0.3 is 227 Å². The molecule has 6 rings (SSSR count). The number of benzene rings is 6. The molecule has 6 aromatic rings. The molecule has 0 radical (unpaired) electrons. The van der Waals surface area contributed by atoms with E-state index < -0.39 is 18.4 Å². The van der Waals surface area contributed by atoms with Gasteiger partial charge in [-0.1, -0.05) is 0 Å². The van der Waals surface area contributed by atoms with Crippen molar-refractivity contribution in [1.82, 2.24) is 0 Å². The molecule has 0 aliphatic heterocycles. The van der Waals surface area contributed by atoms with Gasteiger partial charge in [-0.2, -0.15) is 0 Å². The third kappa shape index (κ3) is 5.30. The summed E-state index contributed by atoms with van der Waals surface area (Å²) in [4.78, 5) is 9.00. The Bertz CT molecular complexity index is 1350. The Kier molecular flexibility index (Phi) is 9.07. The first-order valence-corrected chi connectivity index (χ1v) is 16.1. The van der Waals surface area contributed by atoms with E-state index in [-0.39, 0.29) is 0 Å². The van der Waals surface area contributed by atoms with E-state index in [2.05, 4.69) is 182 Å². The molecule has 0 saturated heterocycles. The van der Waals surface area contributed by atoms with Crippen molar-refractivity contribution in [3.05, 3.63) is 199 Å². The van der Waals surface area contributed by atoms with E-state index in [0.29, 0.717) is 0 Å². The molecule has 0 fully saturated rings. The third-order valence-corrected chi connectivity index (χ3v) is 13.4. The van der Waals surface area contributed by atoms with Gasteiger partial charge in [0.25, 0.3) is 5.97 Å². The summed E-state index contributed by atoms with van der Waals surface area (Å²) in [6.45, 7) is 1.08. The van der Waals surface area contributed by atoms with Crippen LogP contribution < -0.4 is 15.9 Å². The second-order valence-electron chi connectivity index (χ2n) is 10.2. The zero-order chi connectivity index (χ0) is 29.3. The van der Waals surface area contributed by atoms with Gasteiger partial charge in [-0.25, -0.2) is 0 Å². The molecule has 0 spiro atoms. The van der Waals surface area contributed by atoms with Gasteiger partial charge in [-0.05, 0) is 0 Å². The van der Waals surface area contributed by atoms with Gasteiger partial charge < -0.3 is 5.11 Å². The summed E-state index contributed by atoms with van der Waals surface area (Å²) in [5.74, 6) is -0.833. The van der Waals surface area contributed by atoms with E-state index in [1.807, 2.05) is 0 Å². The van der Waals surface area contributed by atoms with Crippen LogP contribution in [0.5, 0.6) is 0 Å². The van der Waals surface area contributed by atoms with Crippen LogP contribution in [0.15, 0.2) is 182 Å². The second kappa shape index (κ2) is 13.3. The number of hydrogen-bond donors (Lipinski definition) is 1. The van der Waals surface area contributed by atoms with Gasteiger partial charge in [0, 0.05) is 6.92 Å². The van der Waals surface area contributed by atoms with E-state index in [0.717, 1.165) is 6.92 Å². The molecule has 0 amide bonds. The fourth-order valence-electron chi connectivity index (χ4n) is 6.43. The molecule has 1 N–H and O–H groups in total. The van der Waals surface area contributed by atoms with Crippen molar-refractivity contribution in [2.24, 2.45) is 0 Å². The molecule has 0 heterocycles. The van der Waals surface area contributed by atoms with Gasteiger partial charge in [-0.3, -0.25) is 4.79 Å². The van der Waals surface area contributed by atoms with Crippen molar-refractivity contribution in [2.75, 3.05) is 0 Å². The molecular weight excluding hydrogens is 531 g/mol. The summed E-state index contributed by atoms with van der Waals surface area (Å²) in [7, 11) is -2.93. The van der Waals surface area contributed by atoms with E-state index in [1.165, 1.54) is 32.6 Å². The fourth-order valence-corrected chi connectivity index (χ4v) is 12.6. The number of hydrogen-bond acceptors (Lipinski definition) is 1. The Balaban J connectivity index is 0.000000830. The third-order valence-electron chi connectivity index (χ3n) is 7.80. The van der Waals surface area contributed by atoms with Crippen molar-refractivity contribution in [1.29, 1.82) is 0 Å². The number of carboxylic acid groups (broad SMARTS) is 1. The minimum atomic E-state index is -2.93. The monoisotopic (exact) mass is 566 g/mol. The number of carboxylic acids is 1. The first-order chi connectivity index (χ1) is 20.6. The quantitative estimate of drug-likeness (QED) is 0.158. The van der Waals surface area contributed by atoms with E-state index in [9.17, 15) is 0 Å². The van der Waals surface area contributed by atoms with Crippen LogP contribution in [-0.2, 0) is 9.95 Å². The van der Waals surface area contributed by atoms with E-state index >= 15 is 0 Å². The standard InChI is InChI=1S/C37H31P.C2H4O2/c1-7-19-31(20-8-1)37(32-21-9-2-10-22-32,33-23-11-3-12-24-33)38(34-25-13-4-14-26-34,35-27-15-5-16-28-35)36-29-17-6-18-30-36;1-2(3)4/h1-30,38H;1H3,(H,3,4). The maximum absolute atomic E-state index is 9.00. The maximum atomic E-state index is 9.00. The van der Waals surface area contributed by atoms with E-state index in [1.54, 1.807) is 0 Å². The van der Waals surface area contributed by atoms with Gasteiger partial charge in [-0.15, -0.1) is 0 Å². The SMILES string of the molecule is CC(=O)O.c1ccc(C(c2ccccc2)(c2ccccc2)[PH](c2ccccc2)(c2ccccc2)c2ccccc2)cc1. The zero-order valence-electron chi connectivity index (χ0n) is 23.7. The minimum absolute atomic E-state index is 0.458. The summed E-state index contributed by atoms with van der Waals surface area (Å²) in [5, 5.41) is 11.1. The number of rotatable bonds is 7. The zero-order valence-corrected chi connectivity index (χ0v) is 24.7. The van der Waals surface area contributed by atoms with Crippen molar-refractivity contribution >= 4 is 29.1 Å². The normalized spacial score (nSPS) is 11.5. The van der Waals surface area contributed by atoms with Crippen LogP contribution in [0.3, 0.4) is 0 Å². The Labute approximate surface area is 249 Å². The summed E-state index contributed by atoms with van der Waals surface area (Å²) in [6.07, 6.45) is 0. The van der Waals surface area contributed by atoms with Crippen LogP contribution in [0.1, 0.15) is 23.6 Å². The fraction of sp³-hybridized carbons (Fsp3) is 0.0513. The first-order valence-electron chi connectivity index (χ1n) is 14.1. The summed E-state index contributed by atoms with van der Waals surface area (Å²) in [6, 6.07) is 67.3. The molecule has 0 unspecified atom stereocenters. The van der Waals surface area contributed by atoms with Crippen LogP contribution in [0, 0.1) is 0 Å². The Morgan fingerprint density at radius 3 is 0.833 bits per heavy atom. The van der Waals surface area contributed by atoms with Crippen LogP contribution in [-0.4, -0.2) is 11.1 Å². The van der Waals surface area contributed by atoms with Gasteiger partial charge in [0.05, 0.1) is 0 Å². The molecule has 0 aliphatic carbocycles. The predicted molar refractivity (Wildman–Crippen MR) is 179 cm³/mol. The predicted octanol–water partition coefficient (Wildman–Crippen LogP) is 7.80. The van der Waals surface area contributed by atoms with Crippen LogP contribution in [0.2, 0.25) is 0 Å².